The summed E-state index contributed by atoms with van der Waals surface area (Å²) in [5, 5.41) is 8.58. The van der Waals surface area contributed by atoms with Crippen molar-refractivity contribution < 1.29 is 9.53 Å². The third-order valence-corrected chi connectivity index (χ3v) is 5.96. The van der Waals surface area contributed by atoms with Gasteiger partial charge in [-0.1, -0.05) is 6.42 Å². The Hall–Kier alpha value is -2.19. The van der Waals surface area contributed by atoms with E-state index in [-0.39, 0.29) is 18.1 Å². The Morgan fingerprint density at radius 3 is 2.79 bits per heavy atom. The molecule has 0 N–H and O–H groups in total. The van der Waals surface area contributed by atoms with E-state index in [0.29, 0.717) is 19.6 Å². The molecule has 0 spiro atoms. The predicted octanol–water partition coefficient (Wildman–Crippen LogP) is 1.85. The van der Waals surface area contributed by atoms with Crippen molar-refractivity contribution >= 4 is 5.91 Å². The van der Waals surface area contributed by atoms with Gasteiger partial charge in [-0.25, -0.2) is 0 Å². The Balaban J connectivity index is 1.45. The van der Waals surface area contributed by atoms with Crippen molar-refractivity contribution in [2.45, 2.75) is 50.8 Å². The molecule has 2 aliphatic rings. The van der Waals surface area contributed by atoms with E-state index in [2.05, 4.69) is 15.1 Å². The minimum absolute atomic E-state index is 0.0129. The molecule has 2 fully saturated rings. The van der Waals surface area contributed by atoms with Crippen LogP contribution in [-0.4, -0.2) is 74.2 Å². The van der Waals surface area contributed by atoms with Crippen molar-refractivity contribution in [2.24, 2.45) is 7.05 Å². The van der Waals surface area contributed by atoms with Gasteiger partial charge in [0.1, 0.15) is 0 Å². The second kappa shape index (κ2) is 9.54. The molecule has 29 heavy (non-hydrogen) atoms. The maximum Gasteiger partial charge on any atom is 0.223 e. The van der Waals surface area contributed by atoms with Crippen LogP contribution < -0.4 is 0 Å². The monoisotopic (exact) mass is 400 g/mol. The minimum atomic E-state index is -0.0726. The lowest BCUT2D eigenvalue weighted by Gasteiger charge is -2.43. The predicted molar refractivity (Wildman–Crippen MR) is 109 cm³/mol. The van der Waals surface area contributed by atoms with E-state index in [9.17, 15) is 4.79 Å². The van der Waals surface area contributed by atoms with Crippen LogP contribution >= 0.6 is 0 Å². The van der Waals surface area contributed by atoms with Gasteiger partial charge in [0.25, 0.3) is 0 Å². The van der Waals surface area contributed by atoms with Crippen molar-refractivity contribution in [1.82, 2.24) is 29.4 Å². The van der Waals surface area contributed by atoms with Crippen molar-refractivity contribution in [3.63, 3.8) is 0 Å². The number of likely N-dealkylation sites (tertiary alicyclic amines) is 1. The number of hydrogen-bond acceptors (Lipinski definition) is 5. The van der Waals surface area contributed by atoms with E-state index in [1.165, 1.54) is 19.3 Å². The third-order valence-electron chi connectivity index (χ3n) is 5.96. The van der Waals surface area contributed by atoms with Gasteiger partial charge in [0.2, 0.25) is 5.91 Å². The average molecular weight is 401 g/mol. The Bertz CT molecular complexity index is 768. The number of rotatable bonds is 7. The van der Waals surface area contributed by atoms with Crippen LogP contribution in [0.3, 0.4) is 0 Å². The Morgan fingerprint density at radius 1 is 1.21 bits per heavy atom. The van der Waals surface area contributed by atoms with E-state index in [1.807, 2.05) is 46.0 Å². The lowest BCUT2D eigenvalue weighted by Crippen LogP contribution is -2.52. The van der Waals surface area contributed by atoms with Gasteiger partial charge in [-0.2, -0.15) is 10.2 Å². The highest BCUT2D eigenvalue weighted by Gasteiger charge is 2.37. The van der Waals surface area contributed by atoms with Crippen molar-refractivity contribution in [3.05, 3.63) is 36.4 Å². The van der Waals surface area contributed by atoms with Crippen molar-refractivity contribution in [1.29, 1.82) is 0 Å². The van der Waals surface area contributed by atoms with Crippen LogP contribution in [0, 0.1) is 0 Å². The van der Waals surface area contributed by atoms with Crippen LogP contribution in [0.4, 0.5) is 0 Å². The van der Waals surface area contributed by atoms with Gasteiger partial charge in [-0.05, 0) is 38.4 Å². The topological polar surface area (TPSA) is 68.4 Å². The van der Waals surface area contributed by atoms with E-state index in [4.69, 9.17) is 4.74 Å². The Kier molecular flexibility index (Phi) is 6.61. The van der Waals surface area contributed by atoms with Gasteiger partial charge in [-0.3, -0.25) is 14.2 Å². The van der Waals surface area contributed by atoms with Gasteiger partial charge in [0.15, 0.2) is 0 Å². The molecule has 8 heteroatoms. The third kappa shape index (κ3) is 5.05. The maximum atomic E-state index is 13.2. The number of ether oxygens (including phenoxy) is 1. The van der Waals surface area contributed by atoms with Crippen LogP contribution in [0.15, 0.2) is 30.9 Å². The Morgan fingerprint density at radius 2 is 2.07 bits per heavy atom. The molecule has 4 heterocycles. The minimum Gasteiger partial charge on any atom is -0.373 e. The summed E-state index contributed by atoms with van der Waals surface area (Å²) in [7, 11) is 1.92. The summed E-state index contributed by atoms with van der Waals surface area (Å²) in [5.74, 6) is 0.193. The first-order chi connectivity index (χ1) is 14.2. The fraction of sp³-hybridized carbons (Fsp3) is 0.667. The van der Waals surface area contributed by atoms with Gasteiger partial charge in [0.05, 0.1) is 24.9 Å². The summed E-state index contributed by atoms with van der Waals surface area (Å²) >= 11 is 0. The molecular formula is C21H32N6O2. The lowest BCUT2D eigenvalue weighted by molar-refractivity contribution is -0.148. The number of nitrogens with zero attached hydrogens (tertiary/aromatic N) is 6. The van der Waals surface area contributed by atoms with Gasteiger partial charge >= 0.3 is 0 Å². The standard InChI is InChI=1S/C21H32N6O2/c1-24-16-18(15-23-24)21-19(17-25-9-3-2-4-10-25)29-14-13-27(21)20(28)7-5-11-26-12-6-8-22-26/h6,8,12,15-16,19,21H,2-5,7,9-11,13-14,17H2,1H3/t19-,21-/m0/s1. The summed E-state index contributed by atoms with van der Waals surface area (Å²) in [4.78, 5) is 17.7. The van der Waals surface area contributed by atoms with Crippen LogP contribution in [0.1, 0.15) is 43.7 Å². The molecule has 2 aromatic heterocycles. The van der Waals surface area contributed by atoms with Crippen LogP contribution in [0.25, 0.3) is 0 Å². The highest BCUT2D eigenvalue weighted by molar-refractivity contribution is 5.77. The second-order valence-electron chi connectivity index (χ2n) is 8.12. The molecule has 0 saturated carbocycles. The molecule has 2 atom stereocenters. The SMILES string of the molecule is Cn1cc([C@H]2[C@H](CN3CCCCC3)OCCN2C(=O)CCCn2cccn2)cn1. The number of hydrogen-bond donors (Lipinski definition) is 0. The fourth-order valence-electron chi connectivity index (χ4n) is 4.52. The summed E-state index contributed by atoms with van der Waals surface area (Å²) in [6, 6.07) is 1.84. The normalized spacial score (nSPS) is 23.4. The van der Waals surface area contributed by atoms with Crippen molar-refractivity contribution in [2.75, 3.05) is 32.8 Å². The number of morpholine rings is 1. The van der Waals surface area contributed by atoms with Gasteiger partial charge in [0, 0.05) is 57.3 Å². The number of carbonyl (C=O) groups is 1. The van der Waals surface area contributed by atoms with E-state index >= 15 is 0 Å². The van der Waals surface area contributed by atoms with Crippen molar-refractivity contribution in [3.8, 4) is 0 Å². The average Bonchev–Trinajstić information content (AvgIpc) is 3.40. The zero-order valence-electron chi connectivity index (χ0n) is 17.3. The smallest absolute Gasteiger partial charge is 0.223 e. The first kappa shape index (κ1) is 20.1. The van der Waals surface area contributed by atoms with Crippen LogP contribution in [0.2, 0.25) is 0 Å². The molecule has 0 aliphatic carbocycles. The molecule has 2 aromatic rings. The molecule has 1 amide bonds. The molecule has 4 rings (SSSR count). The molecule has 0 aromatic carbocycles. The number of carbonyl (C=O) groups excluding carboxylic acids is 1. The molecule has 8 nitrogen and oxygen atoms in total. The number of amides is 1. The zero-order chi connectivity index (χ0) is 20.1. The van der Waals surface area contributed by atoms with E-state index in [0.717, 1.165) is 38.2 Å². The largest absolute Gasteiger partial charge is 0.373 e. The van der Waals surface area contributed by atoms with Gasteiger partial charge in [-0.15, -0.1) is 0 Å². The second-order valence-corrected chi connectivity index (χ2v) is 8.12. The van der Waals surface area contributed by atoms with E-state index in [1.54, 1.807) is 6.20 Å². The van der Waals surface area contributed by atoms with Crippen LogP contribution in [-0.2, 0) is 23.1 Å². The lowest BCUT2D eigenvalue weighted by atomic mass is 9.98. The summed E-state index contributed by atoms with van der Waals surface area (Å²) in [6.45, 7) is 5.11. The number of aryl methyl sites for hydroxylation is 2. The fourth-order valence-corrected chi connectivity index (χ4v) is 4.52. The first-order valence-corrected chi connectivity index (χ1v) is 10.8. The first-order valence-electron chi connectivity index (χ1n) is 10.8. The summed E-state index contributed by atoms with van der Waals surface area (Å²) in [5.41, 5.74) is 1.06. The van der Waals surface area contributed by atoms with Crippen LogP contribution in [0.5, 0.6) is 0 Å². The highest BCUT2D eigenvalue weighted by atomic mass is 16.5. The highest BCUT2D eigenvalue weighted by Crippen LogP contribution is 2.31. The van der Waals surface area contributed by atoms with E-state index < -0.39 is 0 Å². The summed E-state index contributed by atoms with van der Waals surface area (Å²) < 4.78 is 9.90. The molecule has 158 valence electrons. The molecule has 0 unspecified atom stereocenters. The molecular weight excluding hydrogens is 368 g/mol. The number of aromatic nitrogens is 4. The molecule has 0 bridgehead atoms. The quantitative estimate of drug-likeness (QED) is 0.710. The molecule has 2 saturated heterocycles. The number of piperidine rings is 1. The van der Waals surface area contributed by atoms with Gasteiger partial charge < -0.3 is 14.5 Å². The zero-order valence-corrected chi connectivity index (χ0v) is 17.3. The molecule has 0 radical (unpaired) electrons. The molecule has 2 aliphatic heterocycles. The Labute approximate surface area is 172 Å². The summed E-state index contributed by atoms with van der Waals surface area (Å²) in [6.07, 6.45) is 12.7. The maximum absolute atomic E-state index is 13.2.